The van der Waals surface area contributed by atoms with Crippen molar-refractivity contribution in [3.8, 4) is 0 Å². The third-order valence-corrected chi connectivity index (χ3v) is 5.18. The van der Waals surface area contributed by atoms with Crippen molar-refractivity contribution in [2.75, 3.05) is 26.2 Å². The van der Waals surface area contributed by atoms with E-state index in [-0.39, 0.29) is 29.3 Å². The second kappa shape index (κ2) is 9.69. The SMILES string of the molecule is CC(C)C(NC(=O)c1ccco1)C(=O)N1CCCN(Cc2ccc(F)cc2)CC1. The first-order chi connectivity index (χ1) is 13.9. The van der Waals surface area contributed by atoms with Gasteiger partial charge in [0.15, 0.2) is 5.76 Å². The summed E-state index contributed by atoms with van der Waals surface area (Å²) in [6, 6.07) is 9.15. The van der Waals surface area contributed by atoms with Gasteiger partial charge in [-0.15, -0.1) is 0 Å². The number of carbonyl (C=O) groups is 2. The highest BCUT2D eigenvalue weighted by molar-refractivity contribution is 5.95. The fraction of sp³-hybridized carbons (Fsp3) is 0.455. The smallest absolute Gasteiger partial charge is 0.287 e. The molecule has 1 aliphatic rings. The van der Waals surface area contributed by atoms with Crippen LogP contribution in [0.3, 0.4) is 0 Å². The lowest BCUT2D eigenvalue weighted by Crippen LogP contribution is -2.52. The summed E-state index contributed by atoms with van der Waals surface area (Å²) in [4.78, 5) is 29.6. The summed E-state index contributed by atoms with van der Waals surface area (Å²) in [6.07, 6.45) is 2.29. The first-order valence-corrected chi connectivity index (χ1v) is 10.0. The molecule has 0 radical (unpaired) electrons. The molecule has 1 fully saturated rings. The molecule has 2 amide bonds. The molecule has 1 atom stereocenters. The molecule has 0 saturated carbocycles. The summed E-state index contributed by atoms with van der Waals surface area (Å²) in [6.45, 7) is 7.42. The van der Waals surface area contributed by atoms with E-state index >= 15 is 0 Å². The number of nitrogens with zero attached hydrogens (tertiary/aromatic N) is 2. The van der Waals surface area contributed by atoms with Gasteiger partial charge >= 0.3 is 0 Å². The van der Waals surface area contributed by atoms with Crippen LogP contribution < -0.4 is 5.32 Å². The van der Waals surface area contributed by atoms with Gasteiger partial charge in [0.05, 0.1) is 6.26 Å². The predicted molar refractivity (Wildman–Crippen MR) is 108 cm³/mol. The maximum absolute atomic E-state index is 13.1. The topological polar surface area (TPSA) is 65.8 Å². The van der Waals surface area contributed by atoms with Crippen LogP contribution in [0.5, 0.6) is 0 Å². The lowest BCUT2D eigenvalue weighted by Gasteiger charge is -2.29. The molecular weight excluding hydrogens is 373 g/mol. The van der Waals surface area contributed by atoms with Crippen LogP contribution in [0.1, 0.15) is 36.4 Å². The Bertz CT molecular complexity index is 805. The van der Waals surface area contributed by atoms with Gasteiger partial charge in [0.2, 0.25) is 5.91 Å². The number of halogens is 1. The average molecular weight is 401 g/mol. The van der Waals surface area contributed by atoms with E-state index < -0.39 is 6.04 Å². The second-order valence-corrected chi connectivity index (χ2v) is 7.75. The molecule has 0 aliphatic carbocycles. The number of hydrogen-bond acceptors (Lipinski definition) is 4. The van der Waals surface area contributed by atoms with E-state index in [4.69, 9.17) is 4.42 Å². The van der Waals surface area contributed by atoms with E-state index in [2.05, 4.69) is 10.2 Å². The van der Waals surface area contributed by atoms with Gasteiger partial charge in [-0.1, -0.05) is 26.0 Å². The number of nitrogens with one attached hydrogen (secondary N) is 1. The molecule has 1 saturated heterocycles. The van der Waals surface area contributed by atoms with Crippen molar-refractivity contribution in [3.63, 3.8) is 0 Å². The summed E-state index contributed by atoms with van der Waals surface area (Å²) in [5.41, 5.74) is 1.05. The van der Waals surface area contributed by atoms with Gasteiger partial charge in [-0.25, -0.2) is 4.39 Å². The molecule has 3 rings (SSSR count). The second-order valence-electron chi connectivity index (χ2n) is 7.75. The maximum Gasteiger partial charge on any atom is 0.287 e. The van der Waals surface area contributed by atoms with Gasteiger partial charge in [-0.05, 0) is 42.2 Å². The molecule has 0 spiro atoms. The third-order valence-electron chi connectivity index (χ3n) is 5.18. The van der Waals surface area contributed by atoms with Crippen molar-refractivity contribution in [2.24, 2.45) is 5.92 Å². The quantitative estimate of drug-likeness (QED) is 0.808. The molecule has 1 aromatic carbocycles. The van der Waals surface area contributed by atoms with Crippen LogP contribution in [0.15, 0.2) is 47.1 Å². The highest BCUT2D eigenvalue weighted by atomic mass is 19.1. The molecule has 7 heteroatoms. The highest BCUT2D eigenvalue weighted by Crippen LogP contribution is 2.14. The van der Waals surface area contributed by atoms with Crippen LogP contribution in [-0.2, 0) is 11.3 Å². The molecule has 1 aliphatic heterocycles. The van der Waals surface area contributed by atoms with E-state index in [9.17, 15) is 14.0 Å². The van der Waals surface area contributed by atoms with Crippen molar-refractivity contribution in [1.82, 2.24) is 15.1 Å². The summed E-state index contributed by atoms with van der Waals surface area (Å²) in [7, 11) is 0. The van der Waals surface area contributed by atoms with Gasteiger partial charge in [-0.3, -0.25) is 14.5 Å². The molecule has 156 valence electrons. The molecule has 2 heterocycles. The normalized spacial score (nSPS) is 16.5. The Labute approximate surface area is 170 Å². The number of rotatable bonds is 6. The van der Waals surface area contributed by atoms with E-state index in [0.717, 1.165) is 31.6 Å². The lowest BCUT2D eigenvalue weighted by molar-refractivity contribution is -0.134. The molecule has 2 aromatic rings. The van der Waals surface area contributed by atoms with Crippen LogP contribution >= 0.6 is 0 Å². The van der Waals surface area contributed by atoms with E-state index in [1.54, 1.807) is 24.3 Å². The zero-order valence-electron chi connectivity index (χ0n) is 16.9. The molecule has 29 heavy (non-hydrogen) atoms. The van der Waals surface area contributed by atoms with Crippen molar-refractivity contribution in [1.29, 1.82) is 0 Å². The number of benzene rings is 1. The molecule has 1 unspecified atom stereocenters. The Morgan fingerprint density at radius 3 is 2.52 bits per heavy atom. The maximum atomic E-state index is 13.1. The largest absolute Gasteiger partial charge is 0.459 e. The minimum atomic E-state index is -0.601. The van der Waals surface area contributed by atoms with Crippen molar-refractivity contribution < 1.29 is 18.4 Å². The number of amides is 2. The summed E-state index contributed by atoms with van der Waals surface area (Å²) in [5, 5.41) is 2.82. The minimum absolute atomic E-state index is 0.0417. The van der Waals surface area contributed by atoms with E-state index in [1.165, 1.54) is 18.4 Å². The molecule has 0 bridgehead atoms. The van der Waals surface area contributed by atoms with E-state index in [1.807, 2.05) is 18.7 Å². The van der Waals surface area contributed by atoms with Gasteiger partial charge in [0.1, 0.15) is 11.9 Å². The van der Waals surface area contributed by atoms with Crippen LogP contribution in [0.2, 0.25) is 0 Å². The zero-order chi connectivity index (χ0) is 20.8. The summed E-state index contributed by atoms with van der Waals surface area (Å²) in [5.74, 6) is -0.527. The number of hydrogen-bond donors (Lipinski definition) is 1. The Balaban J connectivity index is 1.59. The predicted octanol–water partition coefficient (Wildman–Crippen LogP) is 2.91. The zero-order valence-corrected chi connectivity index (χ0v) is 16.9. The fourth-order valence-corrected chi connectivity index (χ4v) is 3.53. The Hall–Kier alpha value is -2.67. The van der Waals surface area contributed by atoms with Crippen LogP contribution in [0.4, 0.5) is 4.39 Å². The van der Waals surface area contributed by atoms with Crippen molar-refractivity contribution >= 4 is 11.8 Å². The first kappa shape index (κ1) is 21.0. The van der Waals surface area contributed by atoms with Gasteiger partial charge in [-0.2, -0.15) is 0 Å². The summed E-state index contributed by atoms with van der Waals surface area (Å²) >= 11 is 0. The number of furan rings is 1. The third kappa shape index (κ3) is 5.67. The van der Waals surface area contributed by atoms with Crippen LogP contribution in [-0.4, -0.2) is 53.8 Å². The van der Waals surface area contributed by atoms with Crippen LogP contribution in [0, 0.1) is 11.7 Å². The summed E-state index contributed by atoms with van der Waals surface area (Å²) < 4.78 is 18.2. The van der Waals surface area contributed by atoms with Crippen molar-refractivity contribution in [2.45, 2.75) is 32.9 Å². The van der Waals surface area contributed by atoms with Gasteiger partial charge in [0.25, 0.3) is 5.91 Å². The van der Waals surface area contributed by atoms with E-state index in [0.29, 0.717) is 13.1 Å². The minimum Gasteiger partial charge on any atom is -0.459 e. The molecule has 1 N–H and O–H groups in total. The van der Waals surface area contributed by atoms with Gasteiger partial charge in [0, 0.05) is 32.7 Å². The Kier molecular flexibility index (Phi) is 7.04. The van der Waals surface area contributed by atoms with Crippen LogP contribution in [0.25, 0.3) is 0 Å². The lowest BCUT2D eigenvalue weighted by atomic mass is 10.0. The molecule has 1 aromatic heterocycles. The Morgan fingerprint density at radius 2 is 1.86 bits per heavy atom. The highest BCUT2D eigenvalue weighted by Gasteiger charge is 2.30. The molecular formula is C22H28FN3O3. The fourth-order valence-electron chi connectivity index (χ4n) is 3.53. The standard InChI is InChI=1S/C22H28FN3O3/c1-16(2)20(24-21(27)19-5-3-14-29-19)22(28)26-11-4-10-25(12-13-26)15-17-6-8-18(23)9-7-17/h3,5-9,14,16,20H,4,10-13,15H2,1-2H3,(H,24,27). The molecule has 6 nitrogen and oxygen atoms in total. The van der Waals surface area contributed by atoms with Gasteiger partial charge < -0.3 is 14.6 Å². The monoisotopic (exact) mass is 401 g/mol. The average Bonchev–Trinajstić information content (AvgIpc) is 3.14. The van der Waals surface area contributed by atoms with Crippen molar-refractivity contribution in [3.05, 3.63) is 59.8 Å². The number of carbonyl (C=O) groups excluding carboxylic acids is 2. The Morgan fingerprint density at radius 1 is 1.10 bits per heavy atom. The first-order valence-electron chi connectivity index (χ1n) is 10.0.